The number of ether oxygens (including phenoxy) is 2. The highest BCUT2D eigenvalue weighted by Gasteiger charge is 2.14. The van der Waals surface area contributed by atoms with Crippen LogP contribution in [-0.4, -0.2) is 14.2 Å². The molecule has 4 heteroatoms. The molecule has 1 aromatic rings. The SMILES string of the molecule is COc1c(CN)cc(Cl)c(C)c1OC. The first-order valence-electron chi connectivity index (χ1n) is 4.25. The average molecular weight is 216 g/mol. The van der Waals surface area contributed by atoms with Crippen LogP contribution in [0.15, 0.2) is 6.07 Å². The van der Waals surface area contributed by atoms with Gasteiger partial charge in [-0.1, -0.05) is 11.6 Å². The highest BCUT2D eigenvalue weighted by atomic mass is 35.5. The van der Waals surface area contributed by atoms with Crippen LogP contribution in [0, 0.1) is 6.92 Å². The van der Waals surface area contributed by atoms with Crippen LogP contribution in [0.2, 0.25) is 5.02 Å². The summed E-state index contributed by atoms with van der Waals surface area (Å²) in [6.45, 7) is 2.25. The van der Waals surface area contributed by atoms with Crippen LogP contribution in [0.1, 0.15) is 11.1 Å². The van der Waals surface area contributed by atoms with Gasteiger partial charge in [-0.05, 0) is 13.0 Å². The van der Waals surface area contributed by atoms with E-state index in [0.717, 1.165) is 11.1 Å². The molecule has 1 aromatic carbocycles. The Bertz CT molecular complexity index is 339. The van der Waals surface area contributed by atoms with Crippen molar-refractivity contribution in [2.24, 2.45) is 5.73 Å². The van der Waals surface area contributed by atoms with Gasteiger partial charge in [0.2, 0.25) is 0 Å². The van der Waals surface area contributed by atoms with E-state index in [1.165, 1.54) is 0 Å². The van der Waals surface area contributed by atoms with Crippen molar-refractivity contribution in [3.63, 3.8) is 0 Å². The monoisotopic (exact) mass is 215 g/mol. The van der Waals surface area contributed by atoms with Crippen molar-refractivity contribution in [2.45, 2.75) is 13.5 Å². The number of hydrogen-bond donors (Lipinski definition) is 1. The fourth-order valence-corrected chi connectivity index (χ4v) is 1.59. The van der Waals surface area contributed by atoms with Gasteiger partial charge in [-0.15, -0.1) is 0 Å². The molecule has 0 bridgehead atoms. The number of halogens is 1. The molecule has 2 N–H and O–H groups in total. The summed E-state index contributed by atoms with van der Waals surface area (Å²) in [5.41, 5.74) is 7.29. The minimum Gasteiger partial charge on any atom is -0.493 e. The predicted molar refractivity (Wildman–Crippen MR) is 57.2 cm³/mol. The summed E-state index contributed by atoms with van der Waals surface area (Å²) in [4.78, 5) is 0. The third-order valence-electron chi connectivity index (χ3n) is 2.13. The van der Waals surface area contributed by atoms with Crippen LogP contribution in [0.5, 0.6) is 11.5 Å². The number of rotatable bonds is 3. The standard InChI is InChI=1S/C10H14ClNO2/c1-6-8(11)4-7(5-12)10(14-3)9(6)13-2/h4H,5,12H2,1-3H3. The Balaban J connectivity index is 3.42. The number of benzene rings is 1. The lowest BCUT2D eigenvalue weighted by Gasteiger charge is -2.15. The summed E-state index contributed by atoms with van der Waals surface area (Å²) < 4.78 is 10.5. The molecular formula is C10H14ClNO2. The molecule has 1 rings (SSSR count). The largest absolute Gasteiger partial charge is 0.493 e. The van der Waals surface area contributed by atoms with Gasteiger partial charge >= 0.3 is 0 Å². The molecule has 0 atom stereocenters. The van der Waals surface area contributed by atoms with Crippen LogP contribution in [0.25, 0.3) is 0 Å². The lowest BCUT2D eigenvalue weighted by Crippen LogP contribution is -2.03. The molecule has 3 nitrogen and oxygen atoms in total. The van der Waals surface area contributed by atoms with Gasteiger partial charge in [0.1, 0.15) is 0 Å². The fraction of sp³-hybridized carbons (Fsp3) is 0.400. The van der Waals surface area contributed by atoms with Crippen molar-refractivity contribution in [1.29, 1.82) is 0 Å². The van der Waals surface area contributed by atoms with Crippen molar-refractivity contribution in [2.75, 3.05) is 14.2 Å². The second-order valence-electron chi connectivity index (χ2n) is 2.91. The molecule has 78 valence electrons. The fourth-order valence-electron chi connectivity index (χ4n) is 1.37. The lowest BCUT2D eigenvalue weighted by molar-refractivity contribution is 0.350. The minimum atomic E-state index is 0.375. The Morgan fingerprint density at radius 3 is 2.29 bits per heavy atom. The molecule has 0 aliphatic heterocycles. The third-order valence-corrected chi connectivity index (χ3v) is 2.52. The molecule has 0 radical (unpaired) electrons. The molecule has 0 aliphatic carbocycles. The van der Waals surface area contributed by atoms with E-state index in [4.69, 9.17) is 26.8 Å². The maximum atomic E-state index is 6.01. The Morgan fingerprint density at radius 2 is 1.86 bits per heavy atom. The van der Waals surface area contributed by atoms with Crippen molar-refractivity contribution >= 4 is 11.6 Å². The summed E-state index contributed by atoms with van der Waals surface area (Å²) >= 11 is 6.01. The number of hydrogen-bond acceptors (Lipinski definition) is 3. The van der Waals surface area contributed by atoms with Gasteiger partial charge in [0.25, 0.3) is 0 Å². The van der Waals surface area contributed by atoms with Crippen LogP contribution < -0.4 is 15.2 Å². The summed E-state index contributed by atoms with van der Waals surface area (Å²) in [7, 11) is 3.17. The van der Waals surface area contributed by atoms with Crippen molar-refractivity contribution in [3.05, 3.63) is 22.2 Å². The summed E-state index contributed by atoms with van der Waals surface area (Å²) in [6.07, 6.45) is 0. The number of methoxy groups -OCH3 is 2. The Labute approximate surface area is 88.8 Å². The molecule has 0 aromatic heterocycles. The quantitative estimate of drug-likeness (QED) is 0.840. The topological polar surface area (TPSA) is 44.5 Å². The van der Waals surface area contributed by atoms with E-state index in [9.17, 15) is 0 Å². The smallest absolute Gasteiger partial charge is 0.165 e. The van der Waals surface area contributed by atoms with Gasteiger partial charge in [-0.2, -0.15) is 0 Å². The van der Waals surface area contributed by atoms with E-state index < -0.39 is 0 Å². The highest BCUT2D eigenvalue weighted by molar-refractivity contribution is 6.31. The first kappa shape index (κ1) is 11.1. The highest BCUT2D eigenvalue weighted by Crippen LogP contribution is 2.38. The van der Waals surface area contributed by atoms with E-state index in [2.05, 4.69) is 0 Å². The second-order valence-corrected chi connectivity index (χ2v) is 3.32. The zero-order chi connectivity index (χ0) is 10.7. The van der Waals surface area contributed by atoms with Gasteiger partial charge in [0, 0.05) is 22.7 Å². The predicted octanol–water partition coefficient (Wildman–Crippen LogP) is 2.12. The molecule has 0 fully saturated rings. The molecule has 0 spiro atoms. The van der Waals surface area contributed by atoms with E-state index in [1.807, 2.05) is 6.92 Å². The zero-order valence-corrected chi connectivity index (χ0v) is 9.31. The van der Waals surface area contributed by atoms with E-state index in [0.29, 0.717) is 23.1 Å². The lowest BCUT2D eigenvalue weighted by atomic mass is 10.1. The molecule has 0 saturated heterocycles. The van der Waals surface area contributed by atoms with Crippen LogP contribution in [0.3, 0.4) is 0 Å². The molecule has 0 saturated carbocycles. The van der Waals surface area contributed by atoms with E-state index in [1.54, 1.807) is 20.3 Å². The summed E-state index contributed by atoms with van der Waals surface area (Å²) in [6, 6.07) is 1.80. The molecular weight excluding hydrogens is 202 g/mol. The third kappa shape index (κ3) is 1.79. The maximum absolute atomic E-state index is 6.01. The van der Waals surface area contributed by atoms with Crippen LogP contribution in [-0.2, 0) is 6.54 Å². The Hall–Kier alpha value is -0.930. The van der Waals surface area contributed by atoms with E-state index in [-0.39, 0.29) is 0 Å². The normalized spacial score (nSPS) is 10.1. The van der Waals surface area contributed by atoms with Crippen molar-refractivity contribution in [1.82, 2.24) is 0 Å². The van der Waals surface area contributed by atoms with Crippen LogP contribution in [0.4, 0.5) is 0 Å². The second kappa shape index (κ2) is 4.53. The van der Waals surface area contributed by atoms with Crippen LogP contribution >= 0.6 is 11.6 Å². The molecule has 0 heterocycles. The van der Waals surface area contributed by atoms with Gasteiger partial charge in [0.05, 0.1) is 14.2 Å². The average Bonchev–Trinajstić information content (AvgIpc) is 2.20. The molecule has 0 aliphatic rings. The van der Waals surface area contributed by atoms with Crippen molar-refractivity contribution < 1.29 is 9.47 Å². The Kier molecular flexibility index (Phi) is 3.61. The Morgan fingerprint density at radius 1 is 1.29 bits per heavy atom. The van der Waals surface area contributed by atoms with Gasteiger partial charge in [-0.25, -0.2) is 0 Å². The van der Waals surface area contributed by atoms with Crippen molar-refractivity contribution in [3.8, 4) is 11.5 Å². The molecule has 0 amide bonds. The van der Waals surface area contributed by atoms with Gasteiger partial charge < -0.3 is 15.2 Å². The molecule has 14 heavy (non-hydrogen) atoms. The van der Waals surface area contributed by atoms with E-state index >= 15 is 0 Å². The first-order valence-corrected chi connectivity index (χ1v) is 4.63. The molecule has 0 unspecified atom stereocenters. The first-order chi connectivity index (χ1) is 6.65. The number of nitrogens with two attached hydrogens (primary N) is 1. The summed E-state index contributed by atoms with van der Waals surface area (Å²) in [5.74, 6) is 1.32. The van der Waals surface area contributed by atoms with Gasteiger partial charge in [-0.3, -0.25) is 0 Å². The zero-order valence-electron chi connectivity index (χ0n) is 8.56. The van der Waals surface area contributed by atoms with Gasteiger partial charge in [0.15, 0.2) is 11.5 Å². The summed E-state index contributed by atoms with van der Waals surface area (Å²) in [5, 5.41) is 0.642. The maximum Gasteiger partial charge on any atom is 0.165 e. The minimum absolute atomic E-state index is 0.375.